The summed E-state index contributed by atoms with van der Waals surface area (Å²) in [5, 5.41) is 5.17. The number of carbonyl (C=O) groups is 4. The third-order valence-electron chi connectivity index (χ3n) is 5.62. The van der Waals surface area contributed by atoms with Gasteiger partial charge in [0, 0.05) is 24.2 Å². The fraction of sp³-hybridized carbons (Fsp3) is 0.304. The van der Waals surface area contributed by atoms with Gasteiger partial charge in [-0.3, -0.25) is 24.5 Å². The van der Waals surface area contributed by atoms with E-state index in [1.54, 1.807) is 12.1 Å². The van der Waals surface area contributed by atoms with Crippen molar-refractivity contribution in [1.29, 1.82) is 0 Å². The molecule has 1 fully saturated rings. The Kier molecular flexibility index (Phi) is 5.81. The summed E-state index contributed by atoms with van der Waals surface area (Å²) < 4.78 is 0. The molecular formula is C23H24N4O4. The fourth-order valence-electron chi connectivity index (χ4n) is 4.05. The maximum Gasteiger partial charge on any atom is 0.255 e. The standard InChI is InChI=1S/C23H24N4O4/c24-10-9-14-1-4-17(5-2-14)25-21(29)12-15-3-6-18-16(11-15)13-27(23(18)31)19-7-8-20(28)26-22(19)30/h1-6,11,19H,7-10,12-13,24H2,(H,25,29)(H,26,28,30). The molecular weight excluding hydrogens is 396 g/mol. The molecule has 1 saturated heterocycles. The van der Waals surface area contributed by atoms with Crippen molar-refractivity contribution in [3.8, 4) is 0 Å². The van der Waals surface area contributed by atoms with Crippen molar-refractivity contribution in [2.45, 2.75) is 38.3 Å². The van der Waals surface area contributed by atoms with Gasteiger partial charge in [-0.15, -0.1) is 0 Å². The average Bonchev–Trinajstić information content (AvgIpc) is 3.05. The second-order valence-electron chi connectivity index (χ2n) is 7.85. The maximum atomic E-state index is 12.7. The van der Waals surface area contributed by atoms with Crippen LogP contribution in [0.5, 0.6) is 0 Å². The number of hydrogen-bond acceptors (Lipinski definition) is 5. The summed E-state index contributed by atoms with van der Waals surface area (Å²) in [4.78, 5) is 50.2. The van der Waals surface area contributed by atoms with Gasteiger partial charge in [-0.25, -0.2) is 0 Å². The minimum atomic E-state index is -0.647. The minimum absolute atomic E-state index is 0.155. The van der Waals surface area contributed by atoms with Gasteiger partial charge in [-0.2, -0.15) is 0 Å². The van der Waals surface area contributed by atoms with Crippen molar-refractivity contribution in [3.05, 3.63) is 64.7 Å². The Morgan fingerprint density at radius 2 is 1.84 bits per heavy atom. The van der Waals surface area contributed by atoms with Crippen LogP contribution in [-0.4, -0.2) is 41.1 Å². The number of carbonyl (C=O) groups excluding carboxylic acids is 4. The highest BCUT2D eigenvalue weighted by Gasteiger charge is 2.39. The predicted molar refractivity (Wildman–Crippen MR) is 114 cm³/mol. The molecule has 2 aromatic rings. The third-order valence-corrected chi connectivity index (χ3v) is 5.62. The zero-order chi connectivity index (χ0) is 22.0. The molecule has 4 rings (SSSR count). The molecule has 31 heavy (non-hydrogen) atoms. The molecule has 2 aromatic carbocycles. The number of piperidine rings is 1. The monoisotopic (exact) mass is 420 g/mol. The van der Waals surface area contributed by atoms with Crippen LogP contribution in [0, 0.1) is 0 Å². The largest absolute Gasteiger partial charge is 0.330 e. The van der Waals surface area contributed by atoms with Gasteiger partial charge >= 0.3 is 0 Å². The smallest absolute Gasteiger partial charge is 0.255 e. The second kappa shape index (κ2) is 8.69. The lowest BCUT2D eigenvalue weighted by Crippen LogP contribution is -2.52. The first-order chi connectivity index (χ1) is 14.9. The Hall–Kier alpha value is -3.52. The number of fused-ring (bicyclic) bond motifs is 1. The predicted octanol–water partition coefficient (Wildman–Crippen LogP) is 1.13. The van der Waals surface area contributed by atoms with Crippen molar-refractivity contribution in [3.63, 3.8) is 0 Å². The SMILES string of the molecule is NCCc1ccc(NC(=O)Cc2ccc3c(c2)CN(C2CCC(=O)NC2=O)C3=O)cc1. The lowest BCUT2D eigenvalue weighted by atomic mass is 10.0. The topological polar surface area (TPSA) is 122 Å². The van der Waals surface area contributed by atoms with E-state index in [0.29, 0.717) is 30.8 Å². The summed E-state index contributed by atoms with van der Waals surface area (Å²) in [6, 6.07) is 12.2. The molecule has 1 atom stereocenters. The van der Waals surface area contributed by atoms with E-state index in [1.165, 1.54) is 4.90 Å². The fourth-order valence-corrected chi connectivity index (χ4v) is 4.05. The van der Waals surface area contributed by atoms with Gasteiger partial charge in [0.1, 0.15) is 6.04 Å². The van der Waals surface area contributed by atoms with E-state index in [2.05, 4.69) is 10.6 Å². The highest BCUT2D eigenvalue weighted by molar-refractivity contribution is 6.05. The molecule has 1 unspecified atom stereocenters. The van der Waals surface area contributed by atoms with Gasteiger partial charge < -0.3 is 16.0 Å². The molecule has 160 valence electrons. The van der Waals surface area contributed by atoms with Crippen molar-refractivity contribution < 1.29 is 19.2 Å². The van der Waals surface area contributed by atoms with Gasteiger partial charge in [0.25, 0.3) is 5.91 Å². The Morgan fingerprint density at radius 1 is 1.10 bits per heavy atom. The first-order valence-electron chi connectivity index (χ1n) is 10.3. The van der Waals surface area contributed by atoms with Crippen LogP contribution >= 0.6 is 0 Å². The molecule has 0 bridgehead atoms. The van der Waals surface area contributed by atoms with Gasteiger partial charge in [0.15, 0.2) is 0 Å². The Labute approximate surface area is 179 Å². The van der Waals surface area contributed by atoms with Gasteiger partial charge in [0.05, 0.1) is 6.42 Å². The number of nitrogens with zero attached hydrogens (tertiary/aromatic N) is 1. The van der Waals surface area contributed by atoms with Crippen LogP contribution in [0.15, 0.2) is 42.5 Å². The van der Waals surface area contributed by atoms with Gasteiger partial charge in [-0.05, 0) is 54.3 Å². The molecule has 4 amide bonds. The van der Waals surface area contributed by atoms with Gasteiger partial charge in [0.2, 0.25) is 17.7 Å². The van der Waals surface area contributed by atoms with Crippen molar-refractivity contribution in [2.75, 3.05) is 11.9 Å². The maximum absolute atomic E-state index is 12.7. The Morgan fingerprint density at radius 3 is 2.55 bits per heavy atom. The van der Waals surface area contributed by atoms with Crippen LogP contribution in [-0.2, 0) is 33.8 Å². The number of amides is 4. The first kappa shape index (κ1) is 20.7. The molecule has 8 nitrogen and oxygen atoms in total. The van der Waals surface area contributed by atoms with Crippen LogP contribution < -0.4 is 16.4 Å². The van der Waals surface area contributed by atoms with Crippen LogP contribution in [0.4, 0.5) is 5.69 Å². The molecule has 8 heteroatoms. The number of hydrogen-bond donors (Lipinski definition) is 3. The highest BCUT2D eigenvalue weighted by atomic mass is 16.2. The zero-order valence-electron chi connectivity index (χ0n) is 17.0. The molecule has 2 aliphatic heterocycles. The van der Waals surface area contributed by atoms with Crippen LogP contribution in [0.3, 0.4) is 0 Å². The van der Waals surface area contributed by atoms with E-state index in [1.807, 2.05) is 30.3 Å². The summed E-state index contributed by atoms with van der Waals surface area (Å²) in [5.41, 5.74) is 9.48. The second-order valence-corrected chi connectivity index (χ2v) is 7.85. The normalized spacial score (nSPS) is 18.0. The Balaban J connectivity index is 1.40. The number of anilines is 1. The number of benzene rings is 2. The molecule has 2 aliphatic rings. The average molecular weight is 420 g/mol. The third kappa shape index (κ3) is 4.49. The molecule has 0 aromatic heterocycles. The summed E-state index contributed by atoms with van der Waals surface area (Å²) in [5.74, 6) is -1.13. The minimum Gasteiger partial charge on any atom is -0.330 e. The van der Waals surface area contributed by atoms with E-state index in [-0.39, 0.29) is 30.6 Å². The van der Waals surface area contributed by atoms with Crippen LogP contribution in [0.2, 0.25) is 0 Å². The van der Waals surface area contributed by atoms with Crippen LogP contribution in [0.1, 0.15) is 39.9 Å². The van der Waals surface area contributed by atoms with E-state index in [0.717, 1.165) is 23.1 Å². The molecule has 0 saturated carbocycles. The summed E-state index contributed by atoms with van der Waals surface area (Å²) >= 11 is 0. The summed E-state index contributed by atoms with van der Waals surface area (Å²) in [6.07, 6.45) is 1.50. The number of imide groups is 1. The Bertz CT molecular complexity index is 1050. The van der Waals surface area contributed by atoms with Crippen molar-refractivity contribution >= 4 is 29.3 Å². The first-order valence-corrected chi connectivity index (χ1v) is 10.3. The van der Waals surface area contributed by atoms with E-state index in [9.17, 15) is 19.2 Å². The lowest BCUT2D eigenvalue weighted by molar-refractivity contribution is -0.137. The molecule has 4 N–H and O–H groups in total. The van der Waals surface area contributed by atoms with Crippen LogP contribution in [0.25, 0.3) is 0 Å². The number of rotatable bonds is 6. The quantitative estimate of drug-likeness (QED) is 0.605. The van der Waals surface area contributed by atoms with Crippen molar-refractivity contribution in [1.82, 2.24) is 10.2 Å². The highest BCUT2D eigenvalue weighted by Crippen LogP contribution is 2.28. The van der Waals surface area contributed by atoms with Crippen molar-refractivity contribution in [2.24, 2.45) is 5.73 Å². The zero-order valence-corrected chi connectivity index (χ0v) is 17.0. The van der Waals surface area contributed by atoms with E-state index >= 15 is 0 Å². The van der Waals surface area contributed by atoms with E-state index in [4.69, 9.17) is 5.73 Å². The molecule has 2 heterocycles. The van der Waals surface area contributed by atoms with Gasteiger partial charge in [-0.1, -0.05) is 24.3 Å². The lowest BCUT2D eigenvalue weighted by Gasteiger charge is -2.29. The molecule has 0 spiro atoms. The summed E-state index contributed by atoms with van der Waals surface area (Å²) in [6.45, 7) is 0.867. The molecule has 0 radical (unpaired) electrons. The molecule has 0 aliphatic carbocycles. The summed E-state index contributed by atoms with van der Waals surface area (Å²) in [7, 11) is 0. The number of nitrogens with two attached hydrogens (primary N) is 1. The number of nitrogens with one attached hydrogen (secondary N) is 2. The van der Waals surface area contributed by atoms with E-state index < -0.39 is 11.9 Å².